The van der Waals surface area contributed by atoms with E-state index in [1.807, 2.05) is 57.0 Å². The SMILES string of the molecule is CCN(CC)C(=O)[C@@H]1C=C2c3cccc4[nH]cc(c34)C[C@H]2N(C)C1.CCNN.CNNCc1ccc(C(=O)NC(C)C)cc1. The second-order valence-electron chi connectivity index (χ2n) is 11.4. The lowest BCUT2D eigenvalue weighted by Crippen LogP contribution is -2.47. The zero-order chi connectivity index (χ0) is 32.2. The number of hydrogen-bond acceptors (Lipinski definition) is 7. The van der Waals surface area contributed by atoms with Gasteiger partial charge in [0.05, 0.1) is 5.92 Å². The van der Waals surface area contributed by atoms with Gasteiger partial charge in [-0.2, -0.15) is 0 Å². The molecule has 0 radical (unpaired) electrons. The maximum absolute atomic E-state index is 12.9. The van der Waals surface area contributed by atoms with Crippen molar-refractivity contribution in [2.45, 2.75) is 59.7 Å². The first-order valence-electron chi connectivity index (χ1n) is 15.7. The number of carbonyl (C=O) groups excluding carboxylic acids is 2. The molecular formula is C34H52N8O2. The van der Waals surface area contributed by atoms with Crippen LogP contribution in [0.25, 0.3) is 16.5 Å². The average Bonchev–Trinajstić information content (AvgIpc) is 3.45. The minimum atomic E-state index is -0.0445. The van der Waals surface area contributed by atoms with E-state index in [-0.39, 0.29) is 23.8 Å². The molecule has 7 N–H and O–H groups in total. The van der Waals surface area contributed by atoms with Gasteiger partial charge in [0, 0.05) is 67.5 Å². The van der Waals surface area contributed by atoms with Crippen LogP contribution in [0.3, 0.4) is 0 Å². The molecule has 2 amide bonds. The Hall–Kier alpha value is -3.54. The highest BCUT2D eigenvalue weighted by molar-refractivity contribution is 5.99. The Labute approximate surface area is 262 Å². The van der Waals surface area contributed by atoms with E-state index in [2.05, 4.69) is 82.8 Å². The van der Waals surface area contributed by atoms with E-state index < -0.39 is 0 Å². The van der Waals surface area contributed by atoms with Gasteiger partial charge in [-0.15, -0.1) is 0 Å². The number of hydrogen-bond donors (Lipinski definition) is 6. The molecule has 3 aromatic rings. The Morgan fingerprint density at radius 2 is 1.77 bits per heavy atom. The van der Waals surface area contributed by atoms with E-state index in [0.717, 1.165) is 44.7 Å². The molecule has 10 heteroatoms. The fourth-order valence-corrected chi connectivity index (χ4v) is 5.69. The van der Waals surface area contributed by atoms with Crippen LogP contribution in [-0.2, 0) is 17.8 Å². The second-order valence-corrected chi connectivity index (χ2v) is 11.4. The van der Waals surface area contributed by atoms with E-state index in [1.165, 1.54) is 27.6 Å². The van der Waals surface area contributed by atoms with E-state index >= 15 is 0 Å². The molecule has 240 valence electrons. The summed E-state index contributed by atoms with van der Waals surface area (Å²) in [6, 6.07) is 14.5. The third-order valence-electron chi connectivity index (χ3n) is 7.97. The molecule has 2 aromatic carbocycles. The summed E-state index contributed by atoms with van der Waals surface area (Å²) in [7, 11) is 3.97. The molecule has 5 rings (SSSR count). The molecule has 0 saturated carbocycles. The number of nitrogens with one attached hydrogen (secondary N) is 5. The summed E-state index contributed by atoms with van der Waals surface area (Å²) in [6.45, 7) is 13.9. The third kappa shape index (κ3) is 8.77. The first kappa shape index (κ1) is 34.9. The van der Waals surface area contributed by atoms with Gasteiger partial charge in [-0.3, -0.25) is 36.6 Å². The largest absolute Gasteiger partial charge is 0.361 e. The van der Waals surface area contributed by atoms with E-state index in [4.69, 9.17) is 5.84 Å². The van der Waals surface area contributed by atoms with Crippen LogP contribution in [-0.4, -0.2) is 79.0 Å². The molecule has 0 saturated heterocycles. The van der Waals surface area contributed by atoms with Crippen molar-refractivity contribution in [2.24, 2.45) is 11.8 Å². The molecule has 0 fully saturated rings. The summed E-state index contributed by atoms with van der Waals surface area (Å²) in [6.07, 6.45) is 5.41. The summed E-state index contributed by atoms with van der Waals surface area (Å²) in [4.78, 5) is 32.2. The molecule has 1 aliphatic heterocycles. The number of rotatable bonds is 9. The van der Waals surface area contributed by atoms with E-state index in [0.29, 0.717) is 11.6 Å². The van der Waals surface area contributed by atoms with Crippen molar-refractivity contribution in [2.75, 3.05) is 40.3 Å². The Bertz CT molecular complexity index is 1380. The van der Waals surface area contributed by atoms with Crippen LogP contribution >= 0.6 is 0 Å². The van der Waals surface area contributed by atoms with Gasteiger partial charge in [0.2, 0.25) is 5.91 Å². The molecule has 1 aromatic heterocycles. The van der Waals surface area contributed by atoms with Gasteiger partial charge in [-0.25, -0.2) is 0 Å². The summed E-state index contributed by atoms with van der Waals surface area (Å²) < 4.78 is 0. The van der Waals surface area contributed by atoms with Crippen LogP contribution < -0.4 is 27.4 Å². The average molecular weight is 605 g/mol. The number of hydrazine groups is 2. The lowest BCUT2D eigenvalue weighted by atomic mass is 9.79. The highest BCUT2D eigenvalue weighted by Gasteiger charge is 2.36. The van der Waals surface area contributed by atoms with Crippen LogP contribution in [0, 0.1) is 5.92 Å². The van der Waals surface area contributed by atoms with Crippen molar-refractivity contribution in [3.63, 3.8) is 0 Å². The van der Waals surface area contributed by atoms with Crippen molar-refractivity contribution in [3.05, 3.63) is 77.0 Å². The molecule has 0 unspecified atom stereocenters. The van der Waals surface area contributed by atoms with Crippen LogP contribution in [0.4, 0.5) is 0 Å². The maximum Gasteiger partial charge on any atom is 0.251 e. The van der Waals surface area contributed by atoms with Crippen LogP contribution in [0.15, 0.2) is 54.7 Å². The lowest BCUT2D eigenvalue weighted by Gasteiger charge is -2.40. The number of nitrogens with two attached hydrogens (primary N) is 1. The Kier molecular flexibility index (Phi) is 13.6. The molecular weight excluding hydrogens is 552 g/mol. The Balaban J connectivity index is 0.000000230. The number of H-pyrrole nitrogens is 1. The van der Waals surface area contributed by atoms with Gasteiger partial charge in [0.1, 0.15) is 0 Å². The van der Waals surface area contributed by atoms with Crippen LogP contribution in [0.2, 0.25) is 0 Å². The van der Waals surface area contributed by atoms with Crippen molar-refractivity contribution < 1.29 is 9.59 Å². The van der Waals surface area contributed by atoms with Crippen molar-refractivity contribution in [1.82, 2.24) is 36.4 Å². The number of amides is 2. The minimum Gasteiger partial charge on any atom is -0.361 e. The number of nitrogens with zero attached hydrogens (tertiary/aromatic N) is 2. The molecule has 2 heterocycles. The normalized spacial score (nSPS) is 17.1. The molecule has 0 spiro atoms. The number of benzene rings is 2. The summed E-state index contributed by atoms with van der Waals surface area (Å²) in [5.74, 6) is 4.96. The van der Waals surface area contributed by atoms with Crippen LogP contribution in [0.5, 0.6) is 0 Å². The van der Waals surface area contributed by atoms with Gasteiger partial charge in [0.15, 0.2) is 0 Å². The van der Waals surface area contributed by atoms with Gasteiger partial charge in [0.25, 0.3) is 5.91 Å². The smallest absolute Gasteiger partial charge is 0.251 e. The quantitative estimate of drug-likeness (QED) is 0.163. The maximum atomic E-state index is 12.9. The fourth-order valence-electron chi connectivity index (χ4n) is 5.69. The van der Waals surface area contributed by atoms with Crippen LogP contribution in [0.1, 0.15) is 61.7 Å². The summed E-state index contributed by atoms with van der Waals surface area (Å²) >= 11 is 0. The monoisotopic (exact) mass is 604 g/mol. The van der Waals surface area contributed by atoms with Crippen molar-refractivity contribution in [3.8, 4) is 0 Å². The standard InChI is InChI=1S/C20H25N3O.C12H19N3O.C2H8N2/c1-4-23(5-2)20(24)14-9-16-15-7-6-8-17-19(15)13(11-21-17)10-18(16)22(3)12-14;1-9(2)15-12(16)11-6-4-10(5-7-11)8-14-13-3;1-2-4-3/h6-9,11,14,18,21H,4-5,10,12H2,1-3H3;4-7,9,13-14H,8H2,1-3H3,(H,15,16);4H,2-3H2,1H3/t14-,18-;;/m1../s1. The zero-order valence-corrected chi connectivity index (χ0v) is 27.5. The van der Waals surface area contributed by atoms with E-state index in [9.17, 15) is 9.59 Å². The number of carbonyl (C=O) groups is 2. The van der Waals surface area contributed by atoms with Gasteiger partial charge >= 0.3 is 0 Å². The number of aromatic amines is 1. The number of fused-ring (bicyclic) bond motifs is 2. The molecule has 2 atom stereocenters. The molecule has 2 aliphatic rings. The molecule has 44 heavy (non-hydrogen) atoms. The van der Waals surface area contributed by atoms with Crippen molar-refractivity contribution in [1.29, 1.82) is 0 Å². The van der Waals surface area contributed by atoms with Gasteiger partial charge in [-0.1, -0.05) is 37.3 Å². The second kappa shape index (κ2) is 17.1. The minimum absolute atomic E-state index is 0.0249. The first-order valence-corrected chi connectivity index (χ1v) is 15.7. The summed E-state index contributed by atoms with van der Waals surface area (Å²) in [5.41, 5.74) is 15.3. The zero-order valence-electron chi connectivity index (χ0n) is 27.5. The summed E-state index contributed by atoms with van der Waals surface area (Å²) in [5, 5.41) is 4.19. The predicted octanol–water partition coefficient (Wildman–Crippen LogP) is 3.42. The Morgan fingerprint density at radius 1 is 1.09 bits per heavy atom. The number of likely N-dealkylation sites (N-methyl/N-ethyl adjacent to an activating group) is 1. The Morgan fingerprint density at radius 3 is 2.36 bits per heavy atom. The lowest BCUT2D eigenvalue weighted by molar-refractivity contribution is -0.134. The predicted molar refractivity (Wildman–Crippen MR) is 181 cm³/mol. The number of aromatic nitrogens is 1. The van der Waals surface area contributed by atoms with Gasteiger partial charge < -0.3 is 15.2 Å². The highest BCUT2D eigenvalue weighted by Crippen LogP contribution is 2.40. The topological polar surface area (TPSA) is 131 Å². The highest BCUT2D eigenvalue weighted by atomic mass is 16.2. The molecule has 0 bridgehead atoms. The van der Waals surface area contributed by atoms with Crippen molar-refractivity contribution >= 4 is 28.3 Å². The molecule has 1 aliphatic carbocycles. The van der Waals surface area contributed by atoms with E-state index in [1.54, 1.807) is 0 Å². The fraction of sp³-hybridized carbons (Fsp3) is 0.471. The van der Waals surface area contributed by atoms with Gasteiger partial charge in [-0.05, 0) is 88.7 Å². The third-order valence-corrected chi connectivity index (χ3v) is 7.97. The first-order chi connectivity index (χ1) is 21.2. The molecule has 10 nitrogen and oxygen atoms in total.